The van der Waals surface area contributed by atoms with E-state index >= 15 is 0 Å². The molecule has 2 N–H and O–H groups in total. The van der Waals surface area contributed by atoms with Crippen molar-refractivity contribution in [3.63, 3.8) is 0 Å². The van der Waals surface area contributed by atoms with Crippen LogP contribution in [0.2, 0.25) is 0 Å². The topological polar surface area (TPSA) is 60.2 Å². The molecule has 0 saturated heterocycles. The largest absolute Gasteiger partial charge is 0.327 e. The molecule has 0 amide bonds. The second-order valence-corrected chi connectivity index (χ2v) is 9.62. The van der Waals surface area contributed by atoms with Gasteiger partial charge in [0.05, 0.1) is 5.25 Å². The number of nitrogens with two attached hydrogens (primary N) is 1. The average molecular weight is 285 g/mol. The van der Waals surface area contributed by atoms with Crippen molar-refractivity contribution < 1.29 is 8.42 Å². The van der Waals surface area contributed by atoms with Crippen molar-refractivity contribution in [2.24, 2.45) is 29.4 Å². The third-order valence-corrected chi connectivity index (χ3v) is 7.74. The number of hydrogen-bond donors (Lipinski definition) is 1. The van der Waals surface area contributed by atoms with Gasteiger partial charge >= 0.3 is 0 Å². The summed E-state index contributed by atoms with van der Waals surface area (Å²) in [4.78, 5) is 0. The van der Waals surface area contributed by atoms with Gasteiger partial charge in [0.1, 0.15) is 9.84 Å². The summed E-state index contributed by atoms with van der Waals surface area (Å²) in [5, 5.41) is -0.129. The third-order valence-electron chi connectivity index (χ3n) is 6.10. The first-order valence-corrected chi connectivity index (χ1v) is 9.85. The molecule has 0 spiro atoms. The summed E-state index contributed by atoms with van der Waals surface area (Å²) in [6.07, 6.45) is 10.7. The van der Waals surface area contributed by atoms with Crippen molar-refractivity contribution in [3.8, 4) is 0 Å². The summed E-state index contributed by atoms with van der Waals surface area (Å²) >= 11 is 0. The van der Waals surface area contributed by atoms with Crippen LogP contribution in [0.1, 0.15) is 51.4 Å². The fraction of sp³-hybridized carbons (Fsp3) is 1.00. The second-order valence-electron chi connectivity index (χ2n) is 7.29. The molecule has 6 atom stereocenters. The predicted molar refractivity (Wildman–Crippen MR) is 77.5 cm³/mol. The van der Waals surface area contributed by atoms with Gasteiger partial charge < -0.3 is 5.73 Å². The van der Waals surface area contributed by atoms with Crippen LogP contribution in [0.5, 0.6) is 0 Å². The van der Waals surface area contributed by atoms with Crippen molar-refractivity contribution in [1.29, 1.82) is 0 Å². The van der Waals surface area contributed by atoms with Gasteiger partial charge in [0, 0.05) is 12.3 Å². The number of sulfone groups is 1. The van der Waals surface area contributed by atoms with Crippen molar-refractivity contribution in [2.75, 3.05) is 6.26 Å². The minimum absolute atomic E-state index is 0.129. The molecule has 3 saturated carbocycles. The minimum Gasteiger partial charge on any atom is -0.327 e. The third kappa shape index (κ3) is 2.71. The summed E-state index contributed by atoms with van der Waals surface area (Å²) in [5.74, 6) is 2.90. The molecule has 3 rings (SSSR count). The van der Waals surface area contributed by atoms with Gasteiger partial charge in [0.15, 0.2) is 0 Å². The Hall–Kier alpha value is -0.0900. The molecule has 0 heterocycles. The average Bonchev–Trinajstić information content (AvgIpc) is 2.99. The van der Waals surface area contributed by atoms with Crippen molar-refractivity contribution >= 4 is 9.84 Å². The summed E-state index contributed by atoms with van der Waals surface area (Å²) in [7, 11) is -2.88. The van der Waals surface area contributed by atoms with Crippen LogP contribution in [0.4, 0.5) is 0 Å². The number of hydrogen-bond acceptors (Lipinski definition) is 3. The minimum atomic E-state index is -2.88. The van der Waals surface area contributed by atoms with Crippen LogP contribution in [0.3, 0.4) is 0 Å². The van der Waals surface area contributed by atoms with Crippen molar-refractivity contribution in [1.82, 2.24) is 0 Å². The van der Waals surface area contributed by atoms with Gasteiger partial charge in [-0.05, 0) is 62.2 Å². The molecule has 0 aromatic rings. The Morgan fingerprint density at radius 3 is 2.42 bits per heavy atom. The fourth-order valence-corrected chi connectivity index (χ4v) is 6.23. The lowest BCUT2D eigenvalue weighted by Crippen LogP contribution is -2.43. The van der Waals surface area contributed by atoms with Crippen LogP contribution in [0.15, 0.2) is 0 Å². The molecule has 3 aliphatic carbocycles. The van der Waals surface area contributed by atoms with Crippen LogP contribution >= 0.6 is 0 Å². The van der Waals surface area contributed by atoms with Crippen LogP contribution in [-0.2, 0) is 9.84 Å². The Balaban J connectivity index is 1.65. The molecular formula is C15H27NO2S. The Morgan fingerprint density at radius 2 is 1.84 bits per heavy atom. The zero-order valence-corrected chi connectivity index (χ0v) is 12.7. The van der Waals surface area contributed by atoms with Crippen LogP contribution < -0.4 is 5.73 Å². The molecule has 3 aliphatic rings. The van der Waals surface area contributed by atoms with Gasteiger partial charge in [-0.2, -0.15) is 0 Å². The predicted octanol–water partition coefficient (Wildman–Crippen LogP) is 2.35. The normalized spacial score (nSPS) is 44.4. The zero-order chi connectivity index (χ0) is 13.6. The summed E-state index contributed by atoms with van der Waals surface area (Å²) in [6, 6.07) is 0.250. The fourth-order valence-electron chi connectivity index (χ4n) is 5.03. The van der Waals surface area contributed by atoms with E-state index in [-0.39, 0.29) is 11.3 Å². The first-order chi connectivity index (χ1) is 8.95. The smallest absolute Gasteiger partial charge is 0.150 e. The van der Waals surface area contributed by atoms with Crippen LogP contribution in [-0.4, -0.2) is 26.0 Å². The van der Waals surface area contributed by atoms with E-state index in [9.17, 15) is 8.42 Å². The van der Waals surface area contributed by atoms with Gasteiger partial charge in [-0.3, -0.25) is 0 Å². The summed E-state index contributed by atoms with van der Waals surface area (Å²) in [6.45, 7) is 0. The molecule has 0 aromatic heterocycles. The Kier molecular flexibility index (Phi) is 3.67. The number of rotatable bonds is 3. The van der Waals surface area contributed by atoms with E-state index in [1.54, 1.807) is 0 Å². The van der Waals surface area contributed by atoms with Crippen LogP contribution in [0, 0.1) is 23.7 Å². The molecule has 6 unspecified atom stereocenters. The van der Waals surface area contributed by atoms with Crippen molar-refractivity contribution in [3.05, 3.63) is 0 Å². The summed E-state index contributed by atoms with van der Waals surface area (Å²) < 4.78 is 23.5. The standard InChI is InChI=1S/C15H27NO2S/c1-19(17,18)13-4-2-3-12(9-13)15(16)14-8-10-5-6-11(14)7-10/h10-15H,2-9,16H2,1H3. The maximum atomic E-state index is 11.8. The molecule has 4 heteroatoms. The van der Waals surface area contributed by atoms with E-state index in [4.69, 9.17) is 5.73 Å². The highest BCUT2D eigenvalue weighted by molar-refractivity contribution is 7.91. The van der Waals surface area contributed by atoms with Crippen LogP contribution in [0.25, 0.3) is 0 Å². The molecular weight excluding hydrogens is 258 g/mol. The molecule has 3 nitrogen and oxygen atoms in total. The monoisotopic (exact) mass is 285 g/mol. The first kappa shape index (κ1) is 13.9. The molecule has 0 aromatic carbocycles. The highest BCUT2D eigenvalue weighted by Crippen LogP contribution is 2.51. The molecule has 2 bridgehead atoms. The van der Waals surface area contributed by atoms with Gasteiger partial charge in [0.2, 0.25) is 0 Å². The Bertz CT molecular complexity index is 433. The van der Waals surface area contributed by atoms with Gasteiger partial charge in [-0.15, -0.1) is 0 Å². The lowest BCUT2D eigenvalue weighted by Gasteiger charge is -2.37. The van der Waals surface area contributed by atoms with Gasteiger partial charge in [-0.1, -0.05) is 12.8 Å². The Morgan fingerprint density at radius 1 is 1.05 bits per heavy atom. The van der Waals surface area contributed by atoms with E-state index < -0.39 is 9.84 Å². The maximum absolute atomic E-state index is 11.8. The van der Waals surface area contributed by atoms with E-state index in [1.807, 2.05) is 0 Å². The lowest BCUT2D eigenvalue weighted by molar-refractivity contribution is 0.192. The van der Waals surface area contributed by atoms with Gasteiger partial charge in [-0.25, -0.2) is 8.42 Å². The van der Waals surface area contributed by atoms with Gasteiger partial charge in [0.25, 0.3) is 0 Å². The second kappa shape index (κ2) is 5.03. The molecule has 3 fully saturated rings. The highest BCUT2D eigenvalue weighted by atomic mass is 32.2. The zero-order valence-electron chi connectivity index (χ0n) is 11.9. The van der Waals surface area contributed by atoms with Crippen molar-refractivity contribution in [2.45, 2.75) is 62.7 Å². The highest BCUT2D eigenvalue weighted by Gasteiger charge is 2.45. The van der Waals surface area contributed by atoms with E-state index in [1.165, 1.54) is 31.9 Å². The van der Waals surface area contributed by atoms with E-state index in [2.05, 4.69) is 0 Å². The summed E-state index contributed by atoms with van der Waals surface area (Å²) in [5.41, 5.74) is 6.55. The van der Waals surface area contributed by atoms with E-state index in [0.29, 0.717) is 11.8 Å². The molecule has 0 aliphatic heterocycles. The Labute approximate surface area is 117 Å². The molecule has 19 heavy (non-hydrogen) atoms. The molecule has 110 valence electrons. The van der Waals surface area contributed by atoms with E-state index in [0.717, 1.165) is 37.5 Å². The molecule has 0 radical (unpaired) electrons. The SMILES string of the molecule is CS(=O)(=O)C1CCCC(C(N)C2CC3CCC2C3)C1. The maximum Gasteiger partial charge on any atom is 0.150 e. The quantitative estimate of drug-likeness (QED) is 0.866. The number of fused-ring (bicyclic) bond motifs is 2. The first-order valence-electron chi connectivity index (χ1n) is 7.89. The lowest BCUT2D eigenvalue weighted by atomic mass is 9.73.